The van der Waals surface area contributed by atoms with Gasteiger partial charge in [0.05, 0.1) is 12.5 Å². The number of likely N-dealkylation sites (tertiary alicyclic amines) is 1. The van der Waals surface area contributed by atoms with Crippen molar-refractivity contribution in [2.45, 2.75) is 38.6 Å². The number of piperidine rings is 1. The zero-order valence-corrected chi connectivity index (χ0v) is 10.7. The van der Waals surface area contributed by atoms with Crippen LogP contribution in [0.1, 0.15) is 32.6 Å². The molecule has 2 rings (SSSR count). The second-order valence-corrected chi connectivity index (χ2v) is 4.91. The van der Waals surface area contributed by atoms with E-state index in [0.29, 0.717) is 12.6 Å². The fraction of sp³-hybridized carbons (Fsp3) is 0.923. The van der Waals surface area contributed by atoms with E-state index in [1.165, 1.54) is 0 Å². The van der Waals surface area contributed by atoms with E-state index in [9.17, 15) is 4.79 Å². The number of carbonyl (C=O) groups excluding carboxylic acids is 1. The monoisotopic (exact) mass is 241 g/mol. The van der Waals surface area contributed by atoms with E-state index in [1.54, 1.807) is 0 Å². The van der Waals surface area contributed by atoms with Crippen molar-refractivity contribution in [1.29, 1.82) is 0 Å². The van der Waals surface area contributed by atoms with Gasteiger partial charge in [-0.05, 0) is 45.7 Å². The summed E-state index contributed by atoms with van der Waals surface area (Å²) >= 11 is 0. The van der Waals surface area contributed by atoms with Gasteiger partial charge in [-0.25, -0.2) is 0 Å². The van der Waals surface area contributed by atoms with Crippen molar-refractivity contribution in [2.24, 2.45) is 5.92 Å². The van der Waals surface area contributed by atoms with Crippen molar-refractivity contribution >= 4 is 5.97 Å². The SMILES string of the molecule is CCOC(=O)C1CCN(C2CCOCC2)CC1. The first-order chi connectivity index (χ1) is 8.31. The minimum Gasteiger partial charge on any atom is -0.466 e. The molecule has 0 atom stereocenters. The lowest BCUT2D eigenvalue weighted by atomic mass is 9.94. The lowest BCUT2D eigenvalue weighted by Gasteiger charge is -2.38. The van der Waals surface area contributed by atoms with E-state index in [4.69, 9.17) is 9.47 Å². The van der Waals surface area contributed by atoms with Crippen molar-refractivity contribution in [3.05, 3.63) is 0 Å². The Balaban J connectivity index is 1.75. The number of rotatable bonds is 3. The Morgan fingerprint density at radius 2 is 1.88 bits per heavy atom. The number of carbonyl (C=O) groups is 1. The molecule has 0 aromatic carbocycles. The number of nitrogens with zero attached hydrogens (tertiary/aromatic N) is 1. The Morgan fingerprint density at radius 1 is 1.24 bits per heavy atom. The van der Waals surface area contributed by atoms with Crippen LogP contribution in [0.5, 0.6) is 0 Å². The maximum atomic E-state index is 11.6. The first kappa shape index (κ1) is 12.8. The molecule has 4 heteroatoms. The number of esters is 1. The van der Waals surface area contributed by atoms with Gasteiger partial charge < -0.3 is 14.4 Å². The molecule has 2 aliphatic rings. The highest BCUT2D eigenvalue weighted by Crippen LogP contribution is 2.23. The fourth-order valence-electron chi connectivity index (χ4n) is 2.81. The molecule has 0 amide bonds. The third-order valence-corrected chi connectivity index (χ3v) is 3.86. The molecule has 4 nitrogen and oxygen atoms in total. The molecule has 0 spiro atoms. The Labute approximate surface area is 103 Å². The largest absolute Gasteiger partial charge is 0.466 e. The van der Waals surface area contributed by atoms with Gasteiger partial charge in [-0.2, -0.15) is 0 Å². The van der Waals surface area contributed by atoms with Crippen LogP contribution in [-0.2, 0) is 14.3 Å². The van der Waals surface area contributed by atoms with E-state index in [1.807, 2.05) is 6.92 Å². The molecule has 0 N–H and O–H groups in total. The van der Waals surface area contributed by atoms with Crippen LogP contribution in [0.15, 0.2) is 0 Å². The second-order valence-electron chi connectivity index (χ2n) is 4.91. The van der Waals surface area contributed by atoms with E-state index in [-0.39, 0.29) is 11.9 Å². The van der Waals surface area contributed by atoms with E-state index < -0.39 is 0 Å². The van der Waals surface area contributed by atoms with Crippen LogP contribution >= 0.6 is 0 Å². The summed E-state index contributed by atoms with van der Waals surface area (Å²) < 4.78 is 10.5. The van der Waals surface area contributed by atoms with Crippen LogP contribution in [-0.4, -0.2) is 49.8 Å². The van der Waals surface area contributed by atoms with E-state index in [2.05, 4.69) is 4.90 Å². The number of hydrogen-bond donors (Lipinski definition) is 0. The highest BCUT2D eigenvalue weighted by Gasteiger charge is 2.29. The molecule has 2 heterocycles. The van der Waals surface area contributed by atoms with Gasteiger partial charge in [-0.15, -0.1) is 0 Å². The van der Waals surface area contributed by atoms with E-state index >= 15 is 0 Å². The lowest BCUT2D eigenvalue weighted by Crippen LogP contribution is -2.45. The third kappa shape index (κ3) is 3.42. The summed E-state index contributed by atoms with van der Waals surface area (Å²) in [4.78, 5) is 14.1. The molecule has 2 saturated heterocycles. The molecule has 2 aliphatic heterocycles. The van der Waals surface area contributed by atoms with Gasteiger partial charge in [-0.3, -0.25) is 4.79 Å². The van der Waals surface area contributed by atoms with Crippen LogP contribution in [0, 0.1) is 5.92 Å². The molecule has 0 unspecified atom stereocenters. The van der Waals surface area contributed by atoms with Gasteiger partial charge in [0.2, 0.25) is 0 Å². The highest BCUT2D eigenvalue weighted by atomic mass is 16.5. The molecule has 98 valence electrons. The molecule has 0 bridgehead atoms. The Kier molecular flexibility index (Phi) is 4.80. The molecule has 0 aromatic heterocycles. The fourth-order valence-corrected chi connectivity index (χ4v) is 2.81. The predicted molar refractivity (Wildman–Crippen MR) is 64.8 cm³/mol. The van der Waals surface area contributed by atoms with Crippen LogP contribution in [0.2, 0.25) is 0 Å². The second kappa shape index (κ2) is 6.36. The van der Waals surface area contributed by atoms with Gasteiger partial charge in [0, 0.05) is 19.3 Å². The van der Waals surface area contributed by atoms with Crippen molar-refractivity contribution < 1.29 is 14.3 Å². The standard InChI is InChI=1S/C13H23NO3/c1-2-17-13(15)11-3-7-14(8-4-11)12-5-9-16-10-6-12/h11-12H,2-10H2,1H3. The summed E-state index contributed by atoms with van der Waals surface area (Å²) in [5, 5.41) is 0. The molecule has 0 saturated carbocycles. The summed E-state index contributed by atoms with van der Waals surface area (Å²) in [5.41, 5.74) is 0. The first-order valence-corrected chi connectivity index (χ1v) is 6.79. The van der Waals surface area contributed by atoms with Crippen LogP contribution in [0.4, 0.5) is 0 Å². The zero-order valence-electron chi connectivity index (χ0n) is 10.7. The summed E-state index contributed by atoms with van der Waals surface area (Å²) in [7, 11) is 0. The molecular weight excluding hydrogens is 218 g/mol. The van der Waals surface area contributed by atoms with Crippen molar-refractivity contribution in [1.82, 2.24) is 4.90 Å². The average Bonchev–Trinajstić information content (AvgIpc) is 2.40. The van der Waals surface area contributed by atoms with Crippen molar-refractivity contribution in [2.75, 3.05) is 32.9 Å². The van der Waals surface area contributed by atoms with Crippen LogP contribution in [0.3, 0.4) is 0 Å². The normalized spacial score (nSPS) is 24.8. The molecule has 17 heavy (non-hydrogen) atoms. The zero-order chi connectivity index (χ0) is 12.1. The van der Waals surface area contributed by atoms with Crippen LogP contribution in [0.25, 0.3) is 0 Å². The van der Waals surface area contributed by atoms with E-state index in [0.717, 1.165) is 52.0 Å². The summed E-state index contributed by atoms with van der Waals surface area (Å²) in [5.74, 6) is 0.130. The molecular formula is C13H23NO3. The summed E-state index contributed by atoms with van der Waals surface area (Å²) in [6.45, 7) is 6.22. The quantitative estimate of drug-likeness (QED) is 0.701. The Hall–Kier alpha value is -0.610. The van der Waals surface area contributed by atoms with Crippen molar-refractivity contribution in [3.63, 3.8) is 0 Å². The smallest absolute Gasteiger partial charge is 0.309 e. The van der Waals surface area contributed by atoms with Gasteiger partial charge in [0.15, 0.2) is 0 Å². The maximum absolute atomic E-state index is 11.6. The van der Waals surface area contributed by atoms with Crippen LogP contribution < -0.4 is 0 Å². The van der Waals surface area contributed by atoms with Gasteiger partial charge in [-0.1, -0.05) is 0 Å². The summed E-state index contributed by atoms with van der Waals surface area (Å²) in [6, 6.07) is 0.673. The first-order valence-electron chi connectivity index (χ1n) is 6.79. The van der Waals surface area contributed by atoms with Gasteiger partial charge in [0.25, 0.3) is 0 Å². The molecule has 0 radical (unpaired) electrons. The predicted octanol–water partition coefficient (Wildman–Crippen LogP) is 1.44. The minimum absolute atomic E-state index is 0.000808. The number of hydrogen-bond acceptors (Lipinski definition) is 4. The van der Waals surface area contributed by atoms with Gasteiger partial charge in [0.1, 0.15) is 0 Å². The molecule has 2 fully saturated rings. The van der Waals surface area contributed by atoms with Crippen molar-refractivity contribution in [3.8, 4) is 0 Å². The highest BCUT2D eigenvalue weighted by molar-refractivity contribution is 5.72. The average molecular weight is 241 g/mol. The van der Waals surface area contributed by atoms with Gasteiger partial charge >= 0.3 is 5.97 Å². The number of ether oxygens (including phenoxy) is 2. The maximum Gasteiger partial charge on any atom is 0.309 e. The Bertz CT molecular complexity index is 243. The molecule has 0 aromatic rings. The molecule has 0 aliphatic carbocycles. The third-order valence-electron chi connectivity index (χ3n) is 3.86. The Morgan fingerprint density at radius 3 is 2.47 bits per heavy atom. The topological polar surface area (TPSA) is 38.8 Å². The summed E-state index contributed by atoms with van der Waals surface area (Å²) in [6.07, 6.45) is 4.19. The lowest BCUT2D eigenvalue weighted by molar-refractivity contribution is -0.150. The minimum atomic E-state index is -0.000808.